The Kier molecular flexibility index (Phi) is 4.42. The van der Waals surface area contributed by atoms with Gasteiger partial charge in [-0.1, -0.05) is 19.8 Å². The molecule has 0 aromatic heterocycles. The van der Waals surface area contributed by atoms with Gasteiger partial charge in [-0.15, -0.1) is 0 Å². The predicted octanol–water partition coefficient (Wildman–Crippen LogP) is 4.02. The lowest BCUT2D eigenvalue weighted by atomic mass is 9.71. The summed E-state index contributed by atoms with van der Waals surface area (Å²) >= 11 is 0. The normalized spacial score (nSPS) is 38.4. The molecule has 0 bridgehead atoms. The van der Waals surface area contributed by atoms with Crippen LogP contribution in [-0.4, -0.2) is 23.3 Å². The van der Waals surface area contributed by atoms with Crippen LogP contribution < -0.4 is 5.32 Å². The molecule has 0 atom stereocenters. The molecule has 3 aliphatic carbocycles. The molecule has 0 aromatic carbocycles. The van der Waals surface area contributed by atoms with Gasteiger partial charge in [0, 0.05) is 12.6 Å². The number of rotatable bonds is 3. The maximum Gasteiger partial charge on any atom is 0.0771 e. The summed E-state index contributed by atoms with van der Waals surface area (Å²) in [5.74, 6) is 0.812. The van der Waals surface area contributed by atoms with E-state index in [-0.39, 0.29) is 0 Å². The lowest BCUT2D eigenvalue weighted by molar-refractivity contribution is -0.0102. The van der Waals surface area contributed by atoms with Gasteiger partial charge >= 0.3 is 0 Å². The first-order valence-corrected chi connectivity index (χ1v) is 9.05. The zero-order chi connectivity index (χ0) is 14.1. The Bertz CT molecular complexity index is 303. The zero-order valence-corrected chi connectivity index (χ0v) is 13.3. The maximum absolute atomic E-state index is 10.7. The summed E-state index contributed by atoms with van der Waals surface area (Å²) in [6.07, 6.45) is 15.8. The number of nitrogens with one attached hydrogen (secondary N) is 1. The monoisotopic (exact) mass is 279 g/mol. The highest BCUT2D eigenvalue weighted by atomic mass is 16.3. The molecule has 0 saturated heterocycles. The summed E-state index contributed by atoms with van der Waals surface area (Å²) in [4.78, 5) is 0. The van der Waals surface area contributed by atoms with Gasteiger partial charge in [0.05, 0.1) is 5.60 Å². The SMILES string of the molecule is CC1CCC(O)(CNC2CCC3(CCCC3)CC2)CC1. The average Bonchev–Trinajstić information content (AvgIpc) is 2.91. The van der Waals surface area contributed by atoms with Crippen molar-refractivity contribution in [3.63, 3.8) is 0 Å². The molecule has 1 spiro atoms. The zero-order valence-electron chi connectivity index (χ0n) is 13.3. The lowest BCUT2D eigenvalue weighted by Gasteiger charge is -2.40. The van der Waals surface area contributed by atoms with Crippen LogP contribution >= 0.6 is 0 Å². The average molecular weight is 279 g/mol. The van der Waals surface area contributed by atoms with Crippen molar-refractivity contribution < 1.29 is 5.11 Å². The van der Waals surface area contributed by atoms with Crippen LogP contribution in [0.15, 0.2) is 0 Å². The van der Waals surface area contributed by atoms with Crippen LogP contribution in [0.4, 0.5) is 0 Å². The first-order chi connectivity index (χ1) is 9.59. The maximum atomic E-state index is 10.7. The Hall–Kier alpha value is -0.0800. The minimum Gasteiger partial charge on any atom is -0.389 e. The van der Waals surface area contributed by atoms with E-state index in [0.29, 0.717) is 6.04 Å². The molecule has 0 aromatic rings. The Balaban J connectivity index is 1.41. The second kappa shape index (κ2) is 5.96. The van der Waals surface area contributed by atoms with Crippen molar-refractivity contribution in [1.82, 2.24) is 5.32 Å². The Morgan fingerprint density at radius 1 is 0.900 bits per heavy atom. The van der Waals surface area contributed by atoms with Crippen molar-refractivity contribution in [2.45, 2.75) is 95.6 Å². The topological polar surface area (TPSA) is 32.3 Å². The summed E-state index contributed by atoms with van der Waals surface area (Å²) < 4.78 is 0. The van der Waals surface area contributed by atoms with Gasteiger partial charge in [0.25, 0.3) is 0 Å². The van der Waals surface area contributed by atoms with Crippen LogP contribution in [0.5, 0.6) is 0 Å². The minimum atomic E-state index is -0.408. The van der Waals surface area contributed by atoms with Crippen LogP contribution in [0, 0.1) is 11.3 Å². The second-order valence-corrected chi connectivity index (χ2v) is 8.27. The standard InChI is InChI=1S/C18H33NO/c1-15-4-12-18(20,13-5-15)14-19-16-6-10-17(11-7-16)8-2-3-9-17/h15-16,19-20H,2-14H2,1H3. The molecule has 3 fully saturated rings. The highest BCUT2D eigenvalue weighted by Crippen LogP contribution is 2.48. The summed E-state index contributed by atoms with van der Waals surface area (Å²) in [6.45, 7) is 3.15. The van der Waals surface area contributed by atoms with Crippen molar-refractivity contribution in [3.05, 3.63) is 0 Å². The molecule has 2 heteroatoms. The largest absolute Gasteiger partial charge is 0.389 e. The molecule has 3 rings (SSSR count). The van der Waals surface area contributed by atoms with E-state index in [2.05, 4.69) is 12.2 Å². The van der Waals surface area contributed by atoms with E-state index in [1.165, 1.54) is 64.2 Å². The fourth-order valence-electron chi connectivity index (χ4n) is 4.87. The molecule has 20 heavy (non-hydrogen) atoms. The number of hydrogen-bond donors (Lipinski definition) is 2. The fraction of sp³-hybridized carbons (Fsp3) is 1.00. The van der Waals surface area contributed by atoms with E-state index in [0.717, 1.165) is 30.7 Å². The molecule has 0 aliphatic heterocycles. The first kappa shape index (κ1) is 14.8. The smallest absolute Gasteiger partial charge is 0.0771 e. The third-order valence-corrected chi connectivity index (χ3v) is 6.64. The van der Waals surface area contributed by atoms with E-state index in [4.69, 9.17) is 0 Å². The van der Waals surface area contributed by atoms with Gasteiger partial charge in [0.15, 0.2) is 0 Å². The molecule has 0 unspecified atom stereocenters. The highest BCUT2D eigenvalue weighted by molar-refractivity contribution is 4.93. The lowest BCUT2D eigenvalue weighted by Crippen LogP contribution is -2.47. The van der Waals surface area contributed by atoms with Crippen LogP contribution in [0.3, 0.4) is 0 Å². The summed E-state index contributed by atoms with van der Waals surface area (Å²) in [5, 5.41) is 14.4. The molecular formula is C18H33NO. The van der Waals surface area contributed by atoms with Crippen molar-refractivity contribution >= 4 is 0 Å². The van der Waals surface area contributed by atoms with E-state index < -0.39 is 5.60 Å². The molecule has 3 aliphatic rings. The van der Waals surface area contributed by atoms with E-state index in [1.807, 2.05) is 0 Å². The number of aliphatic hydroxyl groups is 1. The van der Waals surface area contributed by atoms with Gasteiger partial charge in [0.1, 0.15) is 0 Å². The van der Waals surface area contributed by atoms with Crippen LogP contribution in [0.25, 0.3) is 0 Å². The van der Waals surface area contributed by atoms with Gasteiger partial charge in [-0.3, -0.25) is 0 Å². The Morgan fingerprint density at radius 3 is 2.10 bits per heavy atom. The van der Waals surface area contributed by atoms with Gasteiger partial charge < -0.3 is 10.4 Å². The van der Waals surface area contributed by atoms with Crippen LogP contribution in [-0.2, 0) is 0 Å². The molecule has 2 nitrogen and oxygen atoms in total. The molecule has 0 amide bonds. The highest BCUT2D eigenvalue weighted by Gasteiger charge is 2.38. The molecule has 116 valence electrons. The third kappa shape index (κ3) is 3.39. The van der Waals surface area contributed by atoms with Gasteiger partial charge in [0.2, 0.25) is 0 Å². The van der Waals surface area contributed by atoms with E-state index >= 15 is 0 Å². The molecule has 0 radical (unpaired) electrons. The van der Waals surface area contributed by atoms with Gasteiger partial charge in [-0.05, 0) is 75.5 Å². The van der Waals surface area contributed by atoms with E-state index in [1.54, 1.807) is 0 Å². The first-order valence-electron chi connectivity index (χ1n) is 9.05. The third-order valence-electron chi connectivity index (χ3n) is 6.64. The molecule has 3 saturated carbocycles. The molecule has 2 N–H and O–H groups in total. The summed E-state index contributed by atoms with van der Waals surface area (Å²) in [6, 6.07) is 0.671. The van der Waals surface area contributed by atoms with Crippen molar-refractivity contribution in [2.75, 3.05) is 6.54 Å². The van der Waals surface area contributed by atoms with Crippen LogP contribution in [0.1, 0.15) is 84.0 Å². The van der Waals surface area contributed by atoms with Gasteiger partial charge in [-0.2, -0.15) is 0 Å². The van der Waals surface area contributed by atoms with Crippen LogP contribution in [0.2, 0.25) is 0 Å². The van der Waals surface area contributed by atoms with Crippen molar-refractivity contribution in [1.29, 1.82) is 0 Å². The van der Waals surface area contributed by atoms with Gasteiger partial charge in [-0.25, -0.2) is 0 Å². The fourth-order valence-corrected chi connectivity index (χ4v) is 4.87. The van der Waals surface area contributed by atoms with E-state index in [9.17, 15) is 5.11 Å². The van der Waals surface area contributed by atoms with Crippen molar-refractivity contribution in [3.8, 4) is 0 Å². The Morgan fingerprint density at radius 2 is 1.50 bits per heavy atom. The minimum absolute atomic E-state index is 0.408. The van der Waals surface area contributed by atoms with Crippen molar-refractivity contribution in [2.24, 2.45) is 11.3 Å². The summed E-state index contributed by atoms with van der Waals surface area (Å²) in [5.41, 5.74) is 0.324. The predicted molar refractivity (Wildman–Crippen MR) is 83.7 cm³/mol. The molecular weight excluding hydrogens is 246 g/mol. The Labute approximate surface area is 124 Å². The summed E-state index contributed by atoms with van der Waals surface area (Å²) in [7, 11) is 0. The molecule has 0 heterocycles. The number of hydrogen-bond acceptors (Lipinski definition) is 2. The quantitative estimate of drug-likeness (QED) is 0.818. The second-order valence-electron chi connectivity index (χ2n) is 8.27.